The molecule has 1 aliphatic carbocycles. The molecule has 0 radical (unpaired) electrons. The van der Waals surface area contributed by atoms with Crippen LogP contribution in [0.1, 0.15) is 51.5 Å². The summed E-state index contributed by atoms with van der Waals surface area (Å²) in [7, 11) is 0. The number of nitrogens with one attached hydrogen (secondary N) is 2. The van der Waals surface area contributed by atoms with Crippen molar-refractivity contribution < 1.29 is 4.79 Å². The van der Waals surface area contributed by atoms with E-state index in [2.05, 4.69) is 32.9 Å². The number of carbonyl (C=O) groups excluding carboxylic acids is 1. The van der Waals surface area contributed by atoms with E-state index in [4.69, 9.17) is 0 Å². The lowest BCUT2D eigenvalue weighted by molar-refractivity contribution is -0.113. The van der Waals surface area contributed by atoms with Gasteiger partial charge in [0.2, 0.25) is 11.0 Å². The Morgan fingerprint density at radius 3 is 3.04 bits per heavy atom. The summed E-state index contributed by atoms with van der Waals surface area (Å²) in [4.78, 5) is 12.2. The Labute approximate surface area is 156 Å². The van der Waals surface area contributed by atoms with Crippen LogP contribution in [0.25, 0.3) is 0 Å². The highest BCUT2D eigenvalue weighted by Crippen LogP contribution is 2.31. The van der Waals surface area contributed by atoms with Crippen molar-refractivity contribution >= 4 is 40.0 Å². The van der Waals surface area contributed by atoms with Gasteiger partial charge in [-0.3, -0.25) is 4.79 Å². The van der Waals surface area contributed by atoms with Gasteiger partial charge in [-0.05, 0) is 19.3 Å². The molecular formula is C16H24N6OS2. The smallest absolute Gasteiger partial charge is 0.235 e. The van der Waals surface area contributed by atoms with Gasteiger partial charge >= 0.3 is 0 Å². The van der Waals surface area contributed by atoms with E-state index in [0.29, 0.717) is 11.8 Å². The third-order valence-corrected chi connectivity index (χ3v) is 6.16. The van der Waals surface area contributed by atoms with Crippen molar-refractivity contribution in [2.45, 2.75) is 55.8 Å². The number of hydrogen-bond donors (Lipinski definition) is 2. The Balaban J connectivity index is 1.46. The molecule has 7 nitrogen and oxygen atoms in total. The van der Waals surface area contributed by atoms with Crippen molar-refractivity contribution in [3.05, 3.63) is 12.3 Å². The number of amides is 1. The lowest BCUT2D eigenvalue weighted by atomic mass is 10.2. The first kappa shape index (κ1) is 18.2. The quantitative estimate of drug-likeness (QED) is 0.508. The van der Waals surface area contributed by atoms with Crippen LogP contribution < -0.4 is 10.6 Å². The summed E-state index contributed by atoms with van der Waals surface area (Å²) < 4.78 is 2.76. The molecule has 2 aromatic rings. The molecule has 0 atom stereocenters. The molecular weight excluding hydrogens is 356 g/mol. The van der Waals surface area contributed by atoms with E-state index in [0.717, 1.165) is 47.5 Å². The van der Waals surface area contributed by atoms with Gasteiger partial charge in [-0.25, -0.2) is 4.68 Å². The normalized spacial score (nSPS) is 14.8. The molecule has 0 spiro atoms. The number of nitrogens with zero attached hydrogens (tertiary/aromatic N) is 4. The molecule has 1 aliphatic rings. The van der Waals surface area contributed by atoms with Gasteiger partial charge in [0.05, 0.1) is 18.0 Å². The van der Waals surface area contributed by atoms with Gasteiger partial charge in [-0.1, -0.05) is 49.3 Å². The zero-order chi connectivity index (χ0) is 17.5. The fourth-order valence-electron chi connectivity index (χ4n) is 2.87. The lowest BCUT2D eigenvalue weighted by Crippen LogP contribution is -2.19. The molecule has 2 heterocycles. The highest BCUT2D eigenvalue weighted by atomic mass is 32.2. The van der Waals surface area contributed by atoms with Crippen molar-refractivity contribution in [2.24, 2.45) is 0 Å². The van der Waals surface area contributed by atoms with E-state index in [1.165, 1.54) is 35.9 Å². The second kappa shape index (κ2) is 9.19. The summed E-state index contributed by atoms with van der Waals surface area (Å²) in [5.41, 5.74) is 0. The second-order valence-corrected chi connectivity index (χ2v) is 8.29. The fourth-order valence-corrected chi connectivity index (χ4v) is 4.45. The third kappa shape index (κ3) is 5.18. The van der Waals surface area contributed by atoms with Crippen LogP contribution in [-0.4, -0.2) is 38.2 Å². The van der Waals surface area contributed by atoms with Crippen molar-refractivity contribution in [3.8, 4) is 0 Å². The molecule has 0 saturated heterocycles. The van der Waals surface area contributed by atoms with Crippen LogP contribution in [0.3, 0.4) is 0 Å². The monoisotopic (exact) mass is 380 g/mol. The molecule has 25 heavy (non-hydrogen) atoms. The van der Waals surface area contributed by atoms with Gasteiger partial charge < -0.3 is 10.6 Å². The highest BCUT2D eigenvalue weighted by molar-refractivity contribution is 8.01. The fraction of sp³-hybridized carbons (Fsp3) is 0.625. The minimum absolute atomic E-state index is 0.0413. The average Bonchev–Trinajstić information content (AvgIpc) is 3.35. The van der Waals surface area contributed by atoms with Gasteiger partial charge in [0, 0.05) is 12.6 Å². The number of anilines is 2. The Morgan fingerprint density at radius 1 is 1.40 bits per heavy atom. The minimum Gasteiger partial charge on any atom is -0.360 e. The Hall–Kier alpha value is -1.61. The SMILES string of the molecule is CCCCNc1nnc(SCC(=O)Nc2ccnn2C2CCCC2)s1. The van der Waals surface area contributed by atoms with Gasteiger partial charge in [0.15, 0.2) is 4.34 Å². The number of rotatable bonds is 9. The van der Waals surface area contributed by atoms with Crippen LogP contribution in [0.4, 0.5) is 10.9 Å². The van der Waals surface area contributed by atoms with Gasteiger partial charge in [0.1, 0.15) is 5.82 Å². The Bertz CT molecular complexity index is 680. The van der Waals surface area contributed by atoms with E-state index in [-0.39, 0.29) is 5.91 Å². The van der Waals surface area contributed by atoms with Crippen LogP contribution in [0.15, 0.2) is 16.6 Å². The van der Waals surface area contributed by atoms with E-state index in [1.54, 1.807) is 6.20 Å². The molecule has 0 aliphatic heterocycles. The molecule has 1 fully saturated rings. The first-order valence-corrected chi connectivity index (χ1v) is 10.6. The maximum atomic E-state index is 12.2. The van der Waals surface area contributed by atoms with Crippen LogP contribution in [-0.2, 0) is 4.79 Å². The predicted octanol–water partition coefficient (Wildman–Crippen LogP) is 3.79. The van der Waals surface area contributed by atoms with Crippen LogP contribution in [0.5, 0.6) is 0 Å². The maximum absolute atomic E-state index is 12.2. The standard InChI is InChI=1S/C16H24N6OS2/c1-2-3-9-17-15-20-21-16(25-15)24-11-14(23)19-13-8-10-18-22(13)12-6-4-5-7-12/h8,10,12H,2-7,9,11H2,1H3,(H,17,20)(H,19,23). The molecule has 2 aromatic heterocycles. The molecule has 136 valence electrons. The highest BCUT2D eigenvalue weighted by Gasteiger charge is 2.20. The molecule has 9 heteroatoms. The average molecular weight is 381 g/mol. The summed E-state index contributed by atoms with van der Waals surface area (Å²) in [5, 5.41) is 19.6. The molecule has 1 amide bonds. The minimum atomic E-state index is -0.0413. The zero-order valence-corrected chi connectivity index (χ0v) is 16.0. The topological polar surface area (TPSA) is 84.7 Å². The van der Waals surface area contributed by atoms with Gasteiger partial charge in [-0.15, -0.1) is 10.2 Å². The summed E-state index contributed by atoms with van der Waals surface area (Å²) >= 11 is 2.90. The van der Waals surface area contributed by atoms with E-state index in [1.807, 2.05) is 10.7 Å². The van der Waals surface area contributed by atoms with Crippen LogP contribution in [0.2, 0.25) is 0 Å². The third-order valence-electron chi connectivity index (χ3n) is 4.15. The van der Waals surface area contributed by atoms with E-state index >= 15 is 0 Å². The van der Waals surface area contributed by atoms with Gasteiger partial charge in [0.25, 0.3) is 0 Å². The molecule has 0 unspecified atom stereocenters. The maximum Gasteiger partial charge on any atom is 0.235 e. The summed E-state index contributed by atoms with van der Waals surface area (Å²) in [6.45, 7) is 3.06. The number of carbonyl (C=O) groups is 1. The number of hydrogen-bond acceptors (Lipinski definition) is 7. The van der Waals surface area contributed by atoms with Crippen LogP contribution >= 0.6 is 23.1 Å². The summed E-state index contributed by atoms with van der Waals surface area (Å²) in [6.07, 6.45) is 8.75. The van der Waals surface area contributed by atoms with Crippen molar-refractivity contribution in [3.63, 3.8) is 0 Å². The number of thioether (sulfide) groups is 1. The zero-order valence-electron chi connectivity index (χ0n) is 14.4. The lowest BCUT2D eigenvalue weighted by Gasteiger charge is -2.14. The van der Waals surface area contributed by atoms with E-state index < -0.39 is 0 Å². The molecule has 3 rings (SSSR count). The van der Waals surface area contributed by atoms with E-state index in [9.17, 15) is 4.79 Å². The molecule has 1 saturated carbocycles. The largest absolute Gasteiger partial charge is 0.360 e. The van der Waals surface area contributed by atoms with Crippen LogP contribution in [0, 0.1) is 0 Å². The number of unbranched alkanes of at least 4 members (excludes halogenated alkanes) is 1. The molecule has 0 aromatic carbocycles. The Morgan fingerprint density at radius 2 is 2.24 bits per heavy atom. The number of aromatic nitrogens is 4. The summed E-state index contributed by atoms with van der Waals surface area (Å²) in [6, 6.07) is 2.28. The first-order valence-electron chi connectivity index (χ1n) is 8.80. The summed E-state index contributed by atoms with van der Waals surface area (Å²) in [5.74, 6) is 1.07. The Kier molecular flexibility index (Phi) is 6.69. The van der Waals surface area contributed by atoms with Crippen molar-refractivity contribution in [1.29, 1.82) is 0 Å². The molecule has 0 bridgehead atoms. The van der Waals surface area contributed by atoms with Gasteiger partial charge in [-0.2, -0.15) is 5.10 Å². The second-order valence-electron chi connectivity index (χ2n) is 6.09. The van der Waals surface area contributed by atoms with Crippen molar-refractivity contribution in [1.82, 2.24) is 20.0 Å². The molecule has 2 N–H and O–H groups in total. The van der Waals surface area contributed by atoms with Crippen molar-refractivity contribution in [2.75, 3.05) is 22.9 Å². The predicted molar refractivity (Wildman–Crippen MR) is 102 cm³/mol. The first-order chi connectivity index (χ1) is 12.3.